The van der Waals surface area contributed by atoms with Crippen LogP contribution in [0.25, 0.3) is 16.9 Å². The Hall–Kier alpha value is -3.31. The highest BCUT2D eigenvalue weighted by Gasteiger charge is 2.33. The molecule has 0 unspecified atom stereocenters. The lowest BCUT2D eigenvalue weighted by molar-refractivity contribution is -0.0502. The molecule has 0 spiro atoms. The first-order valence-corrected chi connectivity index (χ1v) is 13.6. The van der Waals surface area contributed by atoms with E-state index in [-0.39, 0.29) is 35.2 Å². The topological polar surface area (TPSA) is 85.5 Å². The Labute approximate surface area is 230 Å². The number of halogens is 3. The van der Waals surface area contributed by atoms with Crippen LogP contribution in [-0.4, -0.2) is 77.4 Å². The van der Waals surface area contributed by atoms with Gasteiger partial charge in [-0.25, -0.2) is 9.37 Å². The van der Waals surface area contributed by atoms with Crippen molar-refractivity contribution in [2.24, 2.45) is 5.92 Å². The average molecular weight is 562 g/mol. The second kappa shape index (κ2) is 12.1. The number of pyridine rings is 1. The van der Waals surface area contributed by atoms with E-state index in [0.717, 1.165) is 25.8 Å². The van der Waals surface area contributed by atoms with Crippen LogP contribution in [0.1, 0.15) is 48.9 Å². The maximum atomic E-state index is 14.2. The standard InChI is InChI=1S/C29H34F3N3O5/c1-38-24-14-20(15-25(40-28(30)31)27(24)23(37)13-19-3-4-19)22-17-33-26-16-21(5-9-35(22)26)39-12-2-8-34-10-6-29(32,18-36)7-11-34/h5,9,14-17,19,28,36H,2-4,6-8,10-13,18H2,1H3. The molecule has 0 radical (unpaired) electrons. The number of carbonyl (C=O) groups excluding carboxylic acids is 1. The summed E-state index contributed by atoms with van der Waals surface area (Å²) in [6.07, 6.45) is 7.01. The summed E-state index contributed by atoms with van der Waals surface area (Å²) < 4.78 is 58.7. The first kappa shape index (κ1) is 28.2. The molecule has 3 heterocycles. The maximum absolute atomic E-state index is 14.2. The number of piperidine rings is 1. The third-order valence-corrected chi connectivity index (χ3v) is 7.66. The molecule has 5 rings (SSSR count). The maximum Gasteiger partial charge on any atom is 0.387 e. The van der Waals surface area contributed by atoms with E-state index in [1.165, 1.54) is 13.2 Å². The molecule has 40 heavy (non-hydrogen) atoms. The molecule has 1 aliphatic heterocycles. The first-order chi connectivity index (χ1) is 19.3. The van der Waals surface area contributed by atoms with E-state index in [4.69, 9.17) is 14.2 Å². The number of aliphatic hydroxyl groups is 1. The summed E-state index contributed by atoms with van der Waals surface area (Å²) in [5.41, 5.74) is 0.290. The lowest BCUT2D eigenvalue weighted by atomic mass is 9.94. The zero-order valence-electron chi connectivity index (χ0n) is 22.5. The molecule has 2 aliphatic rings. The summed E-state index contributed by atoms with van der Waals surface area (Å²) in [7, 11) is 1.39. The van der Waals surface area contributed by atoms with Gasteiger partial charge in [0, 0.05) is 43.9 Å². The summed E-state index contributed by atoms with van der Waals surface area (Å²) in [5.74, 6) is 0.594. The van der Waals surface area contributed by atoms with Gasteiger partial charge in [0.05, 0.1) is 32.2 Å². The van der Waals surface area contributed by atoms with Crippen molar-refractivity contribution in [1.82, 2.24) is 14.3 Å². The molecule has 1 saturated heterocycles. The van der Waals surface area contributed by atoms with Gasteiger partial charge in [-0.2, -0.15) is 8.78 Å². The molecule has 1 saturated carbocycles. The number of benzene rings is 1. The number of fused-ring (bicyclic) bond motifs is 1. The second-order valence-corrected chi connectivity index (χ2v) is 10.6. The second-order valence-electron chi connectivity index (χ2n) is 10.6. The van der Waals surface area contributed by atoms with Crippen molar-refractivity contribution in [3.63, 3.8) is 0 Å². The van der Waals surface area contributed by atoms with Crippen molar-refractivity contribution in [3.05, 3.63) is 42.2 Å². The van der Waals surface area contributed by atoms with Crippen LogP contribution < -0.4 is 14.2 Å². The molecule has 216 valence electrons. The van der Waals surface area contributed by atoms with Gasteiger partial charge in [0.25, 0.3) is 0 Å². The first-order valence-electron chi connectivity index (χ1n) is 13.6. The fourth-order valence-corrected chi connectivity index (χ4v) is 5.13. The van der Waals surface area contributed by atoms with Crippen LogP contribution in [-0.2, 0) is 0 Å². The van der Waals surface area contributed by atoms with Crippen molar-refractivity contribution in [3.8, 4) is 28.5 Å². The molecule has 0 amide bonds. The van der Waals surface area contributed by atoms with Crippen molar-refractivity contribution in [2.45, 2.75) is 50.8 Å². The van der Waals surface area contributed by atoms with E-state index >= 15 is 0 Å². The van der Waals surface area contributed by atoms with Gasteiger partial charge in [-0.3, -0.25) is 9.20 Å². The van der Waals surface area contributed by atoms with Crippen LogP contribution in [0.15, 0.2) is 36.7 Å². The van der Waals surface area contributed by atoms with E-state index in [1.54, 1.807) is 35.0 Å². The number of hydrogen-bond acceptors (Lipinski definition) is 7. The van der Waals surface area contributed by atoms with Crippen LogP contribution in [0.3, 0.4) is 0 Å². The van der Waals surface area contributed by atoms with Gasteiger partial charge in [-0.05, 0) is 56.2 Å². The number of ketones is 1. The van der Waals surface area contributed by atoms with E-state index in [2.05, 4.69) is 9.88 Å². The van der Waals surface area contributed by atoms with Gasteiger partial charge < -0.3 is 24.2 Å². The van der Waals surface area contributed by atoms with Gasteiger partial charge >= 0.3 is 6.61 Å². The van der Waals surface area contributed by atoms with Crippen molar-refractivity contribution < 1.29 is 37.3 Å². The highest BCUT2D eigenvalue weighted by Crippen LogP contribution is 2.40. The van der Waals surface area contributed by atoms with Gasteiger partial charge in [-0.15, -0.1) is 0 Å². The van der Waals surface area contributed by atoms with Gasteiger partial charge in [0.1, 0.15) is 34.1 Å². The summed E-state index contributed by atoms with van der Waals surface area (Å²) in [5, 5.41) is 9.17. The van der Waals surface area contributed by atoms with Crippen molar-refractivity contribution in [1.29, 1.82) is 0 Å². The summed E-state index contributed by atoms with van der Waals surface area (Å²) in [6, 6.07) is 6.64. The number of hydrogen-bond donors (Lipinski definition) is 1. The Bertz CT molecular complexity index is 1340. The lowest BCUT2D eigenvalue weighted by Crippen LogP contribution is -2.44. The Morgan fingerprint density at radius 1 is 1.20 bits per heavy atom. The zero-order valence-corrected chi connectivity index (χ0v) is 22.5. The van der Waals surface area contributed by atoms with E-state index < -0.39 is 18.9 Å². The molecule has 2 aromatic heterocycles. The number of carbonyl (C=O) groups is 1. The Kier molecular flexibility index (Phi) is 8.51. The number of Topliss-reactive ketones (excluding diaryl/α,β-unsaturated/α-hetero) is 1. The molecule has 0 bridgehead atoms. The van der Waals surface area contributed by atoms with Crippen LogP contribution in [0.4, 0.5) is 13.2 Å². The average Bonchev–Trinajstić information content (AvgIpc) is 3.66. The summed E-state index contributed by atoms with van der Waals surface area (Å²) >= 11 is 0. The SMILES string of the molecule is COc1cc(-c2cnc3cc(OCCCN4CCC(F)(CO)CC4)ccn23)cc(OC(F)F)c1C(=O)CC1CC1. The highest BCUT2D eigenvalue weighted by molar-refractivity contribution is 6.02. The molecular formula is C29H34F3N3O5. The van der Waals surface area contributed by atoms with Crippen molar-refractivity contribution in [2.75, 3.05) is 40.0 Å². The molecule has 3 aromatic rings. The van der Waals surface area contributed by atoms with Crippen molar-refractivity contribution >= 4 is 11.4 Å². The predicted octanol–water partition coefficient (Wildman–Crippen LogP) is 5.16. The Morgan fingerprint density at radius 2 is 1.95 bits per heavy atom. The lowest BCUT2D eigenvalue weighted by Gasteiger charge is -2.35. The number of aliphatic hydroxyl groups excluding tert-OH is 1. The molecule has 1 N–H and O–H groups in total. The molecule has 2 fully saturated rings. The minimum atomic E-state index is -3.10. The quantitative estimate of drug-likeness (QED) is 0.228. The number of methoxy groups -OCH3 is 1. The molecule has 0 atom stereocenters. The van der Waals surface area contributed by atoms with Gasteiger partial charge in [0.2, 0.25) is 0 Å². The third kappa shape index (κ3) is 6.52. The molecule has 1 aromatic carbocycles. The normalized spacial score (nSPS) is 17.4. The Balaban J connectivity index is 1.28. The number of likely N-dealkylation sites (tertiary alicyclic amines) is 1. The van der Waals surface area contributed by atoms with Crippen LogP contribution in [0, 0.1) is 5.92 Å². The number of aromatic nitrogens is 2. The predicted molar refractivity (Wildman–Crippen MR) is 142 cm³/mol. The third-order valence-electron chi connectivity index (χ3n) is 7.66. The number of rotatable bonds is 13. The monoisotopic (exact) mass is 561 g/mol. The van der Waals surface area contributed by atoms with Gasteiger partial charge in [-0.1, -0.05) is 0 Å². The van der Waals surface area contributed by atoms with E-state index in [1.807, 2.05) is 0 Å². The minimum Gasteiger partial charge on any atom is -0.496 e. The fraction of sp³-hybridized carbons (Fsp3) is 0.517. The number of ether oxygens (including phenoxy) is 3. The fourth-order valence-electron chi connectivity index (χ4n) is 5.13. The highest BCUT2D eigenvalue weighted by atomic mass is 19.3. The number of alkyl halides is 3. The van der Waals surface area contributed by atoms with Gasteiger partial charge in [0.15, 0.2) is 5.78 Å². The van der Waals surface area contributed by atoms with Crippen LogP contribution >= 0.6 is 0 Å². The van der Waals surface area contributed by atoms with E-state index in [9.17, 15) is 23.1 Å². The van der Waals surface area contributed by atoms with Crippen LogP contribution in [0.5, 0.6) is 17.2 Å². The summed E-state index contributed by atoms with van der Waals surface area (Å²) in [4.78, 5) is 19.5. The molecule has 1 aliphatic carbocycles. The number of nitrogens with zero attached hydrogens (tertiary/aromatic N) is 3. The number of imidazole rings is 1. The van der Waals surface area contributed by atoms with E-state index in [0.29, 0.717) is 55.2 Å². The Morgan fingerprint density at radius 3 is 2.62 bits per heavy atom. The van der Waals surface area contributed by atoms with Crippen LogP contribution in [0.2, 0.25) is 0 Å². The molecule has 11 heteroatoms. The molecule has 8 nitrogen and oxygen atoms in total. The molecular weight excluding hydrogens is 527 g/mol. The zero-order chi connectivity index (χ0) is 28.3. The minimum absolute atomic E-state index is 0.0323. The summed E-state index contributed by atoms with van der Waals surface area (Å²) in [6.45, 7) is -1.04. The smallest absolute Gasteiger partial charge is 0.387 e. The largest absolute Gasteiger partial charge is 0.496 e.